The predicted octanol–water partition coefficient (Wildman–Crippen LogP) is 2.74. The Morgan fingerprint density at radius 1 is 1.41 bits per heavy atom. The molecule has 17 heavy (non-hydrogen) atoms. The van der Waals surface area contributed by atoms with Crippen molar-refractivity contribution < 1.29 is 9.13 Å². The highest BCUT2D eigenvalue weighted by Crippen LogP contribution is 2.27. The molecule has 0 saturated carbocycles. The molecule has 2 heterocycles. The summed E-state index contributed by atoms with van der Waals surface area (Å²) in [4.78, 5) is 0. The molecular weight excluding hydrogens is 243 g/mol. The fourth-order valence-corrected chi connectivity index (χ4v) is 2.24. The third kappa shape index (κ3) is 1.83. The van der Waals surface area contributed by atoms with Gasteiger partial charge in [-0.2, -0.15) is 5.10 Å². The second kappa shape index (κ2) is 4.13. The normalized spacial score (nSPS) is 14.7. The van der Waals surface area contributed by atoms with Gasteiger partial charge in [-0.25, -0.2) is 9.07 Å². The van der Waals surface area contributed by atoms with E-state index in [2.05, 4.69) is 5.10 Å². The molecular formula is C12H10ClFN2O. The van der Waals surface area contributed by atoms with E-state index in [0.717, 1.165) is 17.7 Å². The van der Waals surface area contributed by atoms with Gasteiger partial charge in [0.2, 0.25) is 0 Å². The molecule has 88 valence electrons. The van der Waals surface area contributed by atoms with Crippen molar-refractivity contribution >= 4 is 11.6 Å². The number of hydrogen-bond donors (Lipinski definition) is 0. The maximum absolute atomic E-state index is 13.2. The third-order valence-electron chi connectivity index (χ3n) is 2.79. The number of halogens is 2. The zero-order valence-corrected chi connectivity index (χ0v) is 9.75. The topological polar surface area (TPSA) is 27.1 Å². The van der Waals surface area contributed by atoms with E-state index < -0.39 is 0 Å². The number of nitrogens with zero attached hydrogens (tertiary/aromatic N) is 2. The average molecular weight is 253 g/mol. The maximum atomic E-state index is 13.2. The summed E-state index contributed by atoms with van der Waals surface area (Å²) in [7, 11) is 0. The fourth-order valence-electron chi connectivity index (χ4n) is 1.94. The van der Waals surface area contributed by atoms with E-state index in [-0.39, 0.29) is 5.82 Å². The van der Waals surface area contributed by atoms with E-state index in [1.54, 1.807) is 16.8 Å². The van der Waals surface area contributed by atoms with Crippen molar-refractivity contribution in [3.05, 3.63) is 46.5 Å². The number of ether oxygens (including phenoxy) is 1. The lowest BCUT2D eigenvalue weighted by Crippen LogP contribution is -2.08. The number of rotatable bonds is 1. The molecule has 3 rings (SSSR count). The predicted molar refractivity (Wildman–Crippen MR) is 61.9 cm³/mol. The Kier molecular flexibility index (Phi) is 2.61. The smallest absolute Gasteiger partial charge is 0.138 e. The standard InChI is InChI=1S/C12H10ClFN2O/c13-12-10-7-17-5-4-11(10)15-16(12)9-3-1-2-8(14)6-9/h1-3,6H,4-5,7H2. The third-order valence-corrected chi connectivity index (χ3v) is 3.17. The monoisotopic (exact) mass is 252 g/mol. The Hall–Kier alpha value is -1.39. The number of fused-ring (bicyclic) bond motifs is 1. The minimum atomic E-state index is -0.303. The molecule has 0 N–H and O–H groups in total. The van der Waals surface area contributed by atoms with Gasteiger partial charge in [0.15, 0.2) is 0 Å². The van der Waals surface area contributed by atoms with Crippen molar-refractivity contribution in [3.8, 4) is 5.69 Å². The van der Waals surface area contributed by atoms with Crippen molar-refractivity contribution in [1.82, 2.24) is 9.78 Å². The summed E-state index contributed by atoms with van der Waals surface area (Å²) in [5.74, 6) is -0.303. The average Bonchev–Trinajstić information content (AvgIpc) is 2.68. The van der Waals surface area contributed by atoms with Gasteiger partial charge in [0, 0.05) is 12.0 Å². The van der Waals surface area contributed by atoms with Crippen LogP contribution in [0.1, 0.15) is 11.3 Å². The van der Waals surface area contributed by atoms with Crippen molar-refractivity contribution in [2.24, 2.45) is 0 Å². The van der Waals surface area contributed by atoms with Gasteiger partial charge >= 0.3 is 0 Å². The molecule has 1 aliphatic rings. The first-order valence-corrected chi connectivity index (χ1v) is 5.73. The van der Waals surface area contributed by atoms with Gasteiger partial charge < -0.3 is 4.74 Å². The summed E-state index contributed by atoms with van der Waals surface area (Å²) in [6.45, 7) is 1.13. The first-order chi connectivity index (χ1) is 8.25. The summed E-state index contributed by atoms with van der Waals surface area (Å²) < 4.78 is 20.1. The minimum absolute atomic E-state index is 0.303. The molecule has 0 amide bonds. The van der Waals surface area contributed by atoms with Gasteiger partial charge in [-0.15, -0.1) is 0 Å². The number of aromatic nitrogens is 2. The van der Waals surface area contributed by atoms with Crippen LogP contribution in [0.3, 0.4) is 0 Å². The van der Waals surface area contributed by atoms with E-state index in [1.165, 1.54) is 12.1 Å². The van der Waals surface area contributed by atoms with Crippen LogP contribution in [-0.4, -0.2) is 16.4 Å². The molecule has 1 aliphatic heterocycles. The minimum Gasteiger partial charge on any atom is -0.376 e. The lowest BCUT2D eigenvalue weighted by atomic mass is 10.2. The van der Waals surface area contributed by atoms with Gasteiger partial charge in [0.1, 0.15) is 11.0 Å². The lowest BCUT2D eigenvalue weighted by molar-refractivity contribution is 0.110. The van der Waals surface area contributed by atoms with Crippen LogP contribution in [0.15, 0.2) is 24.3 Å². The summed E-state index contributed by atoms with van der Waals surface area (Å²) in [6, 6.07) is 6.21. The molecule has 0 unspecified atom stereocenters. The van der Waals surface area contributed by atoms with Crippen LogP contribution in [-0.2, 0) is 17.8 Å². The van der Waals surface area contributed by atoms with Crippen LogP contribution >= 0.6 is 11.6 Å². The molecule has 0 aliphatic carbocycles. The van der Waals surface area contributed by atoms with Crippen LogP contribution < -0.4 is 0 Å². The Labute approximate surface area is 103 Å². The van der Waals surface area contributed by atoms with E-state index in [9.17, 15) is 4.39 Å². The zero-order chi connectivity index (χ0) is 11.8. The largest absolute Gasteiger partial charge is 0.376 e. The zero-order valence-electron chi connectivity index (χ0n) is 8.99. The summed E-state index contributed by atoms with van der Waals surface area (Å²) in [6.07, 6.45) is 0.747. The molecule has 5 heteroatoms. The van der Waals surface area contributed by atoms with Gasteiger partial charge in [0.25, 0.3) is 0 Å². The van der Waals surface area contributed by atoms with E-state index in [0.29, 0.717) is 24.1 Å². The van der Waals surface area contributed by atoms with Gasteiger partial charge in [-0.05, 0) is 18.2 Å². The molecule has 3 nitrogen and oxygen atoms in total. The highest BCUT2D eigenvalue weighted by Gasteiger charge is 2.20. The van der Waals surface area contributed by atoms with Gasteiger partial charge in [-0.3, -0.25) is 0 Å². The molecule has 0 saturated heterocycles. The molecule has 1 aromatic carbocycles. The second-order valence-electron chi connectivity index (χ2n) is 3.91. The molecule has 0 fully saturated rings. The van der Waals surface area contributed by atoms with E-state index in [4.69, 9.17) is 16.3 Å². The highest BCUT2D eigenvalue weighted by molar-refractivity contribution is 6.30. The molecule has 2 aromatic rings. The quantitative estimate of drug-likeness (QED) is 0.780. The maximum Gasteiger partial charge on any atom is 0.138 e. The van der Waals surface area contributed by atoms with Crippen molar-refractivity contribution in [2.45, 2.75) is 13.0 Å². The summed E-state index contributed by atoms with van der Waals surface area (Å²) >= 11 is 6.23. The Morgan fingerprint density at radius 3 is 3.06 bits per heavy atom. The second-order valence-corrected chi connectivity index (χ2v) is 4.27. The summed E-state index contributed by atoms with van der Waals surface area (Å²) in [5.41, 5.74) is 2.47. The number of hydrogen-bond acceptors (Lipinski definition) is 2. The first kappa shape index (κ1) is 10.7. The van der Waals surface area contributed by atoms with Crippen LogP contribution in [0.5, 0.6) is 0 Å². The van der Waals surface area contributed by atoms with Crippen molar-refractivity contribution in [1.29, 1.82) is 0 Å². The lowest BCUT2D eigenvalue weighted by Gasteiger charge is -2.09. The van der Waals surface area contributed by atoms with Crippen LogP contribution in [0.4, 0.5) is 4.39 Å². The summed E-state index contributed by atoms with van der Waals surface area (Å²) in [5, 5.41) is 4.90. The molecule has 1 aromatic heterocycles. The number of benzene rings is 1. The Balaban J connectivity index is 2.12. The van der Waals surface area contributed by atoms with Crippen molar-refractivity contribution in [2.75, 3.05) is 6.61 Å². The SMILES string of the molecule is Fc1cccc(-n2nc3c(c2Cl)COCC3)c1. The van der Waals surface area contributed by atoms with Crippen LogP contribution in [0, 0.1) is 5.82 Å². The van der Waals surface area contributed by atoms with E-state index in [1.807, 2.05) is 0 Å². The molecule has 0 bridgehead atoms. The van der Waals surface area contributed by atoms with E-state index >= 15 is 0 Å². The van der Waals surface area contributed by atoms with Crippen molar-refractivity contribution in [3.63, 3.8) is 0 Å². The molecule has 0 atom stereocenters. The Bertz CT molecular complexity index is 568. The van der Waals surface area contributed by atoms with Gasteiger partial charge in [-0.1, -0.05) is 17.7 Å². The van der Waals surface area contributed by atoms with Crippen LogP contribution in [0.2, 0.25) is 5.15 Å². The molecule has 0 spiro atoms. The highest BCUT2D eigenvalue weighted by atomic mass is 35.5. The first-order valence-electron chi connectivity index (χ1n) is 5.35. The van der Waals surface area contributed by atoms with Crippen LogP contribution in [0.25, 0.3) is 5.69 Å². The van der Waals surface area contributed by atoms with Gasteiger partial charge in [0.05, 0.1) is 24.6 Å². The molecule has 0 radical (unpaired) electrons. The fraction of sp³-hybridized carbons (Fsp3) is 0.250. The Morgan fingerprint density at radius 2 is 2.29 bits per heavy atom.